The minimum Gasteiger partial charge on any atom is -0.368 e. The van der Waals surface area contributed by atoms with Crippen LogP contribution in [0.1, 0.15) is 38.2 Å². The lowest BCUT2D eigenvalue weighted by Crippen LogP contribution is -2.51. The Morgan fingerprint density at radius 1 is 0.944 bits per heavy atom. The van der Waals surface area contributed by atoms with Crippen LogP contribution in [0.15, 0.2) is 54.6 Å². The zero-order chi connectivity index (χ0) is 25.7. The Balaban J connectivity index is 1.40. The molecule has 0 saturated carbocycles. The molecule has 0 radical (unpaired) electrons. The molecule has 9 heteroatoms. The summed E-state index contributed by atoms with van der Waals surface area (Å²) in [6.45, 7) is 9.15. The topological polar surface area (TPSA) is 116 Å². The fourth-order valence-corrected chi connectivity index (χ4v) is 4.43. The highest BCUT2D eigenvalue weighted by molar-refractivity contribution is 5.92. The molecule has 2 atom stereocenters. The highest BCUT2D eigenvalue weighted by Gasteiger charge is 2.24. The summed E-state index contributed by atoms with van der Waals surface area (Å²) >= 11 is 0. The number of nitrogens with two attached hydrogens (primary N) is 1. The number of para-hydroxylation sites is 1. The highest BCUT2D eigenvalue weighted by atomic mass is 16.2. The van der Waals surface area contributed by atoms with Crippen LogP contribution in [0.5, 0.6) is 0 Å². The lowest BCUT2D eigenvalue weighted by atomic mass is 10.0. The number of aromatic nitrogens is 2. The van der Waals surface area contributed by atoms with Gasteiger partial charge in [0.15, 0.2) is 0 Å². The van der Waals surface area contributed by atoms with Gasteiger partial charge < -0.3 is 21.3 Å². The largest absolute Gasteiger partial charge is 0.368 e. The van der Waals surface area contributed by atoms with Gasteiger partial charge in [-0.15, -0.1) is 0 Å². The first-order valence-corrected chi connectivity index (χ1v) is 12.5. The predicted octanol–water partition coefficient (Wildman–Crippen LogP) is 3.14. The Bertz CT molecular complexity index is 1190. The number of rotatable bonds is 8. The third kappa shape index (κ3) is 6.09. The molecule has 4 N–H and O–H groups in total. The van der Waals surface area contributed by atoms with E-state index in [2.05, 4.69) is 15.5 Å². The van der Waals surface area contributed by atoms with Gasteiger partial charge in [0.05, 0.1) is 18.1 Å². The molecule has 0 bridgehead atoms. The van der Waals surface area contributed by atoms with Gasteiger partial charge in [-0.25, -0.2) is 14.8 Å². The third-order valence-electron chi connectivity index (χ3n) is 6.58. The van der Waals surface area contributed by atoms with Gasteiger partial charge in [0, 0.05) is 31.6 Å². The molecule has 2 aromatic carbocycles. The number of benzene rings is 2. The summed E-state index contributed by atoms with van der Waals surface area (Å²) in [5.74, 6) is 0.883. The summed E-state index contributed by atoms with van der Waals surface area (Å²) in [6, 6.07) is 17.1. The molecule has 1 aliphatic heterocycles. The fourth-order valence-electron chi connectivity index (χ4n) is 4.43. The second kappa shape index (κ2) is 11.3. The number of primary amides is 1. The summed E-state index contributed by atoms with van der Waals surface area (Å²) in [5, 5.41) is 7.19. The summed E-state index contributed by atoms with van der Waals surface area (Å²) in [7, 11) is 0. The number of carbonyl (C=O) groups is 2. The van der Waals surface area contributed by atoms with E-state index in [0.717, 1.165) is 29.6 Å². The van der Waals surface area contributed by atoms with Gasteiger partial charge in [-0.2, -0.15) is 0 Å². The van der Waals surface area contributed by atoms with Crippen molar-refractivity contribution in [2.45, 2.75) is 39.4 Å². The predicted molar refractivity (Wildman–Crippen MR) is 141 cm³/mol. The molecular formula is C27H35N7O2. The summed E-state index contributed by atoms with van der Waals surface area (Å²) in [5.41, 5.74) is 7.52. The molecule has 190 valence electrons. The lowest BCUT2D eigenvalue weighted by Gasteiger charge is -2.35. The van der Waals surface area contributed by atoms with Crippen molar-refractivity contribution in [3.05, 3.63) is 66.0 Å². The van der Waals surface area contributed by atoms with Crippen LogP contribution in [0.2, 0.25) is 0 Å². The van der Waals surface area contributed by atoms with Gasteiger partial charge in [-0.05, 0) is 30.5 Å². The molecule has 1 aromatic heterocycles. The lowest BCUT2D eigenvalue weighted by molar-refractivity contribution is -0.119. The van der Waals surface area contributed by atoms with E-state index in [9.17, 15) is 9.59 Å². The Hall–Kier alpha value is -3.72. The van der Waals surface area contributed by atoms with E-state index < -0.39 is 11.9 Å². The first-order chi connectivity index (χ1) is 17.3. The number of fused-ring (bicyclic) bond motifs is 1. The zero-order valence-electron chi connectivity index (χ0n) is 21.1. The Kier molecular flexibility index (Phi) is 8.00. The molecule has 4 rings (SSSR count). The quantitative estimate of drug-likeness (QED) is 0.448. The van der Waals surface area contributed by atoms with Crippen LogP contribution in [0.3, 0.4) is 0 Å². The van der Waals surface area contributed by atoms with E-state index in [1.54, 1.807) is 0 Å². The monoisotopic (exact) mass is 489 g/mol. The third-order valence-corrected chi connectivity index (χ3v) is 6.58. The van der Waals surface area contributed by atoms with Crippen molar-refractivity contribution in [3.8, 4) is 0 Å². The van der Waals surface area contributed by atoms with E-state index in [1.807, 2.05) is 80.3 Å². The maximum absolute atomic E-state index is 12.8. The maximum atomic E-state index is 12.8. The summed E-state index contributed by atoms with van der Waals surface area (Å²) < 4.78 is 0. The molecule has 0 spiro atoms. The number of nitrogens with zero attached hydrogens (tertiary/aromatic N) is 4. The molecule has 36 heavy (non-hydrogen) atoms. The van der Waals surface area contributed by atoms with Crippen molar-refractivity contribution in [2.24, 2.45) is 11.7 Å². The van der Waals surface area contributed by atoms with E-state index in [-0.39, 0.29) is 18.0 Å². The Labute approximate surface area is 212 Å². The molecule has 2 heterocycles. The van der Waals surface area contributed by atoms with Gasteiger partial charge in [0.25, 0.3) is 0 Å². The Morgan fingerprint density at radius 2 is 1.61 bits per heavy atom. The van der Waals surface area contributed by atoms with Crippen LogP contribution in [-0.4, -0.2) is 63.9 Å². The number of hydrogen-bond donors (Lipinski definition) is 3. The number of urea groups is 1. The average molecular weight is 490 g/mol. The first kappa shape index (κ1) is 25.4. The van der Waals surface area contributed by atoms with E-state index >= 15 is 0 Å². The van der Waals surface area contributed by atoms with Crippen LogP contribution in [0, 0.1) is 5.92 Å². The minimum atomic E-state index is -0.531. The molecule has 0 unspecified atom stereocenters. The number of nitrogens with one attached hydrogen (secondary N) is 2. The molecule has 1 aliphatic rings. The van der Waals surface area contributed by atoms with Crippen molar-refractivity contribution in [1.82, 2.24) is 25.1 Å². The van der Waals surface area contributed by atoms with Crippen LogP contribution < -0.4 is 16.4 Å². The number of hydrogen-bond acceptors (Lipinski definition) is 6. The fraction of sp³-hybridized carbons (Fsp3) is 0.407. The molecular weight excluding hydrogens is 454 g/mol. The van der Waals surface area contributed by atoms with Gasteiger partial charge in [0.2, 0.25) is 5.91 Å². The second-order valence-corrected chi connectivity index (χ2v) is 9.62. The molecule has 3 aromatic rings. The molecule has 3 amide bonds. The standard InChI is InChI=1S/C27H35N7O2/c1-18(2)24(25(28)35)32-26-21-11-7-8-12-22(21)30-23(31-26)17-33-13-15-34(16-14-33)27(36)29-19(3)20-9-5-4-6-10-20/h4-12,18-19,24H,13-17H2,1-3H3,(H2,28,35)(H,29,36)(H,30,31,32)/t19-,24+/m1/s1. The maximum Gasteiger partial charge on any atom is 0.317 e. The first-order valence-electron chi connectivity index (χ1n) is 12.5. The summed E-state index contributed by atoms with van der Waals surface area (Å²) in [6.07, 6.45) is 0. The highest BCUT2D eigenvalue weighted by Crippen LogP contribution is 2.23. The zero-order valence-corrected chi connectivity index (χ0v) is 21.1. The van der Waals surface area contributed by atoms with Crippen molar-refractivity contribution >= 4 is 28.7 Å². The van der Waals surface area contributed by atoms with Crippen LogP contribution >= 0.6 is 0 Å². The van der Waals surface area contributed by atoms with Gasteiger partial charge >= 0.3 is 6.03 Å². The molecule has 9 nitrogen and oxygen atoms in total. The van der Waals surface area contributed by atoms with Gasteiger partial charge in [-0.1, -0.05) is 56.3 Å². The van der Waals surface area contributed by atoms with Crippen molar-refractivity contribution in [2.75, 3.05) is 31.5 Å². The molecule has 1 saturated heterocycles. The van der Waals surface area contributed by atoms with E-state index in [1.165, 1.54) is 0 Å². The smallest absolute Gasteiger partial charge is 0.317 e. The number of piperazine rings is 1. The SMILES string of the molecule is CC(C)[C@H](Nc1nc(CN2CCN(C(=O)N[C@H](C)c3ccccc3)CC2)nc2ccccc12)C(N)=O. The average Bonchev–Trinajstić information content (AvgIpc) is 2.87. The second-order valence-electron chi connectivity index (χ2n) is 9.62. The van der Waals surface area contributed by atoms with Crippen LogP contribution in [0.4, 0.5) is 10.6 Å². The summed E-state index contributed by atoms with van der Waals surface area (Å²) in [4.78, 5) is 38.4. The van der Waals surface area contributed by atoms with Crippen LogP contribution in [-0.2, 0) is 11.3 Å². The van der Waals surface area contributed by atoms with E-state index in [0.29, 0.717) is 31.3 Å². The molecule has 1 fully saturated rings. The van der Waals surface area contributed by atoms with Crippen molar-refractivity contribution < 1.29 is 9.59 Å². The number of amides is 3. The van der Waals surface area contributed by atoms with Gasteiger partial charge in [-0.3, -0.25) is 9.69 Å². The number of anilines is 1. The van der Waals surface area contributed by atoms with E-state index in [4.69, 9.17) is 15.7 Å². The Morgan fingerprint density at radius 3 is 2.28 bits per heavy atom. The van der Waals surface area contributed by atoms with Crippen LogP contribution in [0.25, 0.3) is 10.9 Å². The minimum absolute atomic E-state index is 0.0171. The van der Waals surface area contributed by atoms with Gasteiger partial charge in [0.1, 0.15) is 17.7 Å². The van der Waals surface area contributed by atoms with Crippen molar-refractivity contribution in [3.63, 3.8) is 0 Å². The number of carbonyl (C=O) groups excluding carboxylic acids is 2. The molecule has 0 aliphatic carbocycles. The van der Waals surface area contributed by atoms with Crippen molar-refractivity contribution in [1.29, 1.82) is 0 Å². The normalized spacial score (nSPS) is 16.1.